The van der Waals surface area contributed by atoms with Crippen LogP contribution in [0.15, 0.2) is 29.6 Å². The number of nitrogens with one attached hydrogen (secondary N) is 1. The first-order valence-electron chi connectivity index (χ1n) is 7.02. The number of hydrogen-bond donors (Lipinski definition) is 1. The van der Waals surface area contributed by atoms with Gasteiger partial charge in [0.05, 0.1) is 12.3 Å². The molecule has 4 heteroatoms. The summed E-state index contributed by atoms with van der Waals surface area (Å²) in [4.78, 5) is 4.78. The molecule has 1 N–H and O–H groups in total. The molecule has 0 bridgehead atoms. The highest BCUT2D eigenvalue weighted by molar-refractivity contribution is 7.13. The lowest BCUT2D eigenvalue weighted by Crippen LogP contribution is -2.19. The van der Waals surface area contributed by atoms with Crippen LogP contribution in [-0.2, 0) is 11.3 Å². The molecule has 1 heterocycles. The Hall–Kier alpha value is -1.23. The maximum absolute atomic E-state index is 5.26. The van der Waals surface area contributed by atoms with E-state index >= 15 is 0 Å². The quantitative estimate of drug-likeness (QED) is 0.836. The third kappa shape index (κ3) is 3.66. The SMILES string of the molecule is CCCNC(C)c1csc(-c2ccccc2COC)n1. The van der Waals surface area contributed by atoms with Crippen molar-refractivity contribution in [3.8, 4) is 10.6 Å². The van der Waals surface area contributed by atoms with Crippen molar-refractivity contribution in [3.63, 3.8) is 0 Å². The van der Waals surface area contributed by atoms with Gasteiger partial charge in [0.25, 0.3) is 0 Å². The number of nitrogens with zero attached hydrogens (tertiary/aromatic N) is 1. The summed E-state index contributed by atoms with van der Waals surface area (Å²) in [7, 11) is 1.72. The normalized spacial score (nSPS) is 12.6. The molecule has 1 atom stereocenters. The average Bonchev–Trinajstić information content (AvgIpc) is 2.95. The Bertz CT molecular complexity index is 539. The van der Waals surface area contributed by atoms with E-state index in [1.54, 1.807) is 18.4 Å². The van der Waals surface area contributed by atoms with Gasteiger partial charge in [-0.2, -0.15) is 0 Å². The van der Waals surface area contributed by atoms with E-state index in [0.717, 1.165) is 23.7 Å². The largest absolute Gasteiger partial charge is 0.380 e. The van der Waals surface area contributed by atoms with Crippen LogP contribution in [-0.4, -0.2) is 18.6 Å². The van der Waals surface area contributed by atoms with Crippen molar-refractivity contribution in [1.82, 2.24) is 10.3 Å². The number of benzene rings is 1. The average molecular weight is 290 g/mol. The number of hydrogen-bond acceptors (Lipinski definition) is 4. The predicted octanol–water partition coefficient (Wildman–Crippen LogP) is 4.02. The molecule has 0 saturated heterocycles. The molecule has 0 radical (unpaired) electrons. The van der Waals surface area contributed by atoms with Crippen LogP contribution in [0, 0.1) is 0 Å². The van der Waals surface area contributed by atoms with Gasteiger partial charge >= 0.3 is 0 Å². The van der Waals surface area contributed by atoms with Gasteiger partial charge in [0, 0.05) is 24.1 Å². The maximum atomic E-state index is 5.26. The van der Waals surface area contributed by atoms with Gasteiger partial charge in [0.2, 0.25) is 0 Å². The van der Waals surface area contributed by atoms with Gasteiger partial charge in [0.15, 0.2) is 0 Å². The summed E-state index contributed by atoms with van der Waals surface area (Å²) in [6.07, 6.45) is 1.14. The Morgan fingerprint density at radius 3 is 2.90 bits per heavy atom. The first-order chi connectivity index (χ1) is 9.76. The molecule has 0 aliphatic heterocycles. The molecule has 0 amide bonds. The van der Waals surface area contributed by atoms with Crippen LogP contribution in [0.5, 0.6) is 0 Å². The second-order valence-electron chi connectivity index (χ2n) is 4.84. The number of methoxy groups -OCH3 is 1. The highest BCUT2D eigenvalue weighted by Crippen LogP contribution is 2.29. The number of aromatic nitrogens is 1. The maximum Gasteiger partial charge on any atom is 0.124 e. The summed E-state index contributed by atoms with van der Waals surface area (Å²) < 4.78 is 5.26. The Balaban J connectivity index is 2.20. The van der Waals surface area contributed by atoms with Crippen LogP contribution in [0.2, 0.25) is 0 Å². The number of thiazole rings is 1. The second kappa shape index (κ2) is 7.53. The van der Waals surface area contributed by atoms with Crippen molar-refractivity contribution < 1.29 is 4.74 Å². The molecule has 1 aromatic carbocycles. The monoisotopic (exact) mass is 290 g/mol. The fraction of sp³-hybridized carbons (Fsp3) is 0.438. The van der Waals surface area contributed by atoms with Gasteiger partial charge in [-0.1, -0.05) is 31.2 Å². The molecule has 0 saturated carbocycles. The van der Waals surface area contributed by atoms with Crippen molar-refractivity contribution in [3.05, 3.63) is 40.9 Å². The van der Waals surface area contributed by atoms with E-state index in [4.69, 9.17) is 9.72 Å². The fourth-order valence-corrected chi connectivity index (χ4v) is 3.06. The Kier molecular flexibility index (Phi) is 5.71. The lowest BCUT2D eigenvalue weighted by molar-refractivity contribution is 0.185. The van der Waals surface area contributed by atoms with Crippen molar-refractivity contribution in [2.75, 3.05) is 13.7 Å². The molecule has 0 aliphatic rings. The van der Waals surface area contributed by atoms with Crippen molar-refractivity contribution >= 4 is 11.3 Å². The van der Waals surface area contributed by atoms with Gasteiger partial charge < -0.3 is 10.1 Å². The third-order valence-corrected chi connectivity index (χ3v) is 4.11. The smallest absolute Gasteiger partial charge is 0.124 e. The van der Waals surface area contributed by atoms with Crippen LogP contribution in [0.25, 0.3) is 10.6 Å². The van der Waals surface area contributed by atoms with E-state index in [1.165, 1.54) is 11.1 Å². The van der Waals surface area contributed by atoms with Crippen LogP contribution in [0.3, 0.4) is 0 Å². The molecule has 1 aromatic heterocycles. The summed E-state index contributed by atoms with van der Waals surface area (Å²) in [5, 5.41) is 6.69. The highest BCUT2D eigenvalue weighted by atomic mass is 32.1. The molecular formula is C16H22N2OS. The van der Waals surface area contributed by atoms with E-state index in [-0.39, 0.29) is 0 Å². The first-order valence-corrected chi connectivity index (χ1v) is 7.90. The summed E-state index contributed by atoms with van der Waals surface area (Å²) in [6, 6.07) is 8.60. The van der Waals surface area contributed by atoms with Crippen molar-refractivity contribution in [2.45, 2.75) is 32.9 Å². The van der Waals surface area contributed by atoms with Crippen molar-refractivity contribution in [2.24, 2.45) is 0 Å². The highest BCUT2D eigenvalue weighted by Gasteiger charge is 2.12. The zero-order valence-corrected chi connectivity index (χ0v) is 13.2. The van der Waals surface area contributed by atoms with Crippen LogP contribution in [0.1, 0.15) is 37.6 Å². The van der Waals surface area contributed by atoms with E-state index in [2.05, 4.69) is 36.7 Å². The minimum Gasteiger partial charge on any atom is -0.380 e. The summed E-state index contributed by atoms with van der Waals surface area (Å²) in [6.45, 7) is 5.98. The molecule has 0 spiro atoms. The number of rotatable bonds is 7. The fourth-order valence-electron chi connectivity index (χ4n) is 2.08. The van der Waals surface area contributed by atoms with Crippen LogP contribution in [0.4, 0.5) is 0 Å². The molecule has 2 rings (SSSR count). The lowest BCUT2D eigenvalue weighted by atomic mass is 10.1. The summed E-state index contributed by atoms with van der Waals surface area (Å²) >= 11 is 1.70. The Morgan fingerprint density at radius 2 is 2.15 bits per heavy atom. The zero-order chi connectivity index (χ0) is 14.4. The topological polar surface area (TPSA) is 34.1 Å². The van der Waals surface area contributed by atoms with Gasteiger partial charge in [-0.25, -0.2) is 4.98 Å². The van der Waals surface area contributed by atoms with E-state index in [1.807, 2.05) is 12.1 Å². The van der Waals surface area contributed by atoms with Gasteiger partial charge in [-0.3, -0.25) is 0 Å². The molecule has 3 nitrogen and oxygen atoms in total. The van der Waals surface area contributed by atoms with E-state index in [9.17, 15) is 0 Å². The number of ether oxygens (including phenoxy) is 1. The molecule has 2 aromatic rings. The molecule has 1 unspecified atom stereocenters. The summed E-state index contributed by atoms with van der Waals surface area (Å²) in [5.41, 5.74) is 3.48. The van der Waals surface area contributed by atoms with Gasteiger partial charge in [-0.05, 0) is 25.5 Å². The van der Waals surface area contributed by atoms with Gasteiger partial charge in [-0.15, -0.1) is 11.3 Å². The standard InChI is InChI=1S/C16H22N2OS/c1-4-9-17-12(2)15-11-20-16(18-15)14-8-6-5-7-13(14)10-19-3/h5-8,11-12,17H,4,9-10H2,1-3H3. The Labute approximate surface area is 125 Å². The first kappa shape index (κ1) is 15.2. The predicted molar refractivity (Wildman–Crippen MR) is 85.0 cm³/mol. The Morgan fingerprint density at radius 1 is 1.35 bits per heavy atom. The molecule has 108 valence electrons. The minimum atomic E-state index is 0.300. The third-order valence-electron chi connectivity index (χ3n) is 3.21. The van der Waals surface area contributed by atoms with Gasteiger partial charge in [0.1, 0.15) is 5.01 Å². The molecular weight excluding hydrogens is 268 g/mol. The van der Waals surface area contributed by atoms with E-state index < -0.39 is 0 Å². The second-order valence-corrected chi connectivity index (χ2v) is 5.70. The van der Waals surface area contributed by atoms with Crippen LogP contribution < -0.4 is 5.32 Å². The molecule has 0 fully saturated rings. The van der Waals surface area contributed by atoms with Crippen molar-refractivity contribution in [1.29, 1.82) is 0 Å². The summed E-state index contributed by atoms with van der Waals surface area (Å²) in [5.74, 6) is 0. The lowest BCUT2D eigenvalue weighted by Gasteiger charge is -2.10. The minimum absolute atomic E-state index is 0.300. The van der Waals surface area contributed by atoms with E-state index in [0.29, 0.717) is 12.6 Å². The molecule has 20 heavy (non-hydrogen) atoms. The van der Waals surface area contributed by atoms with Crippen LogP contribution >= 0.6 is 11.3 Å². The zero-order valence-electron chi connectivity index (χ0n) is 12.3. The molecule has 0 aliphatic carbocycles.